The van der Waals surface area contributed by atoms with Gasteiger partial charge in [0.2, 0.25) is 0 Å². The smallest absolute Gasteiger partial charge is 0.410 e. The molecule has 0 unspecified atom stereocenters. The summed E-state index contributed by atoms with van der Waals surface area (Å²) < 4.78 is 5.35. The number of hydrogen-bond donors (Lipinski definition) is 1. The first-order chi connectivity index (χ1) is 8.94. The van der Waals surface area contributed by atoms with Crippen LogP contribution in [0.4, 0.5) is 4.79 Å². The van der Waals surface area contributed by atoms with Gasteiger partial charge in [0.1, 0.15) is 5.60 Å². The summed E-state index contributed by atoms with van der Waals surface area (Å²) in [5.74, 6) is 0.655. The van der Waals surface area contributed by atoms with Gasteiger partial charge in [0, 0.05) is 39.3 Å². The molecule has 0 atom stereocenters. The summed E-state index contributed by atoms with van der Waals surface area (Å²) in [6.45, 7) is 13.1. The van der Waals surface area contributed by atoms with Crippen molar-refractivity contribution in [3.8, 4) is 0 Å². The number of rotatable bonds is 3. The van der Waals surface area contributed by atoms with Crippen LogP contribution in [0.1, 0.15) is 27.2 Å². The zero-order valence-corrected chi connectivity index (χ0v) is 12.4. The number of amides is 1. The van der Waals surface area contributed by atoms with E-state index in [4.69, 9.17) is 4.74 Å². The third-order valence-electron chi connectivity index (χ3n) is 3.67. The number of nitrogens with one attached hydrogen (secondary N) is 1. The number of likely N-dealkylation sites (tertiary alicyclic amines) is 1. The van der Waals surface area contributed by atoms with E-state index in [0.717, 1.165) is 45.8 Å². The first-order valence-corrected chi connectivity index (χ1v) is 7.35. The average Bonchev–Trinajstić information content (AvgIpc) is 2.25. The Hall–Kier alpha value is -0.810. The molecular formula is C14H27N3O2. The van der Waals surface area contributed by atoms with Crippen LogP contribution in [0.2, 0.25) is 0 Å². The van der Waals surface area contributed by atoms with Crippen LogP contribution in [0.15, 0.2) is 0 Å². The van der Waals surface area contributed by atoms with Crippen LogP contribution < -0.4 is 5.32 Å². The molecule has 0 spiro atoms. The van der Waals surface area contributed by atoms with Gasteiger partial charge in [0.15, 0.2) is 0 Å². The molecule has 0 aromatic carbocycles. The van der Waals surface area contributed by atoms with Gasteiger partial charge in [-0.15, -0.1) is 0 Å². The predicted molar refractivity (Wildman–Crippen MR) is 75.2 cm³/mol. The number of ether oxygens (including phenoxy) is 1. The minimum atomic E-state index is -0.386. The lowest BCUT2D eigenvalue weighted by Gasteiger charge is -2.40. The van der Waals surface area contributed by atoms with Crippen LogP contribution in [-0.4, -0.2) is 67.3 Å². The highest BCUT2D eigenvalue weighted by molar-refractivity contribution is 5.69. The second kappa shape index (κ2) is 6.09. The Labute approximate surface area is 116 Å². The van der Waals surface area contributed by atoms with Crippen molar-refractivity contribution in [2.24, 2.45) is 5.92 Å². The minimum Gasteiger partial charge on any atom is -0.444 e. The molecule has 0 saturated carbocycles. The van der Waals surface area contributed by atoms with Crippen LogP contribution in [0.3, 0.4) is 0 Å². The van der Waals surface area contributed by atoms with Crippen LogP contribution in [0.25, 0.3) is 0 Å². The maximum Gasteiger partial charge on any atom is 0.410 e. The minimum absolute atomic E-state index is 0.161. The summed E-state index contributed by atoms with van der Waals surface area (Å²) >= 11 is 0. The lowest BCUT2D eigenvalue weighted by molar-refractivity contribution is -0.00351. The van der Waals surface area contributed by atoms with E-state index in [1.807, 2.05) is 25.7 Å². The van der Waals surface area contributed by atoms with Crippen molar-refractivity contribution in [3.63, 3.8) is 0 Å². The quantitative estimate of drug-likeness (QED) is 0.835. The lowest BCUT2D eigenvalue weighted by atomic mass is 9.96. The Morgan fingerprint density at radius 3 is 2.47 bits per heavy atom. The molecule has 2 rings (SSSR count). The standard InChI is InChI=1S/C14H27N3O2/c1-14(2,3)19-13(18)17-10-12(11-17)4-7-16-8-5-15-6-9-16/h12,15H,4-11H2,1-3H3. The predicted octanol–water partition coefficient (Wildman–Crippen LogP) is 1.15. The molecule has 0 aromatic rings. The first kappa shape index (κ1) is 14.6. The Bertz CT molecular complexity index is 302. The number of piperazine rings is 1. The first-order valence-electron chi connectivity index (χ1n) is 7.35. The van der Waals surface area contributed by atoms with E-state index in [9.17, 15) is 4.79 Å². The van der Waals surface area contributed by atoms with Gasteiger partial charge < -0.3 is 19.9 Å². The lowest BCUT2D eigenvalue weighted by Crippen LogP contribution is -2.52. The SMILES string of the molecule is CC(C)(C)OC(=O)N1CC(CCN2CCNCC2)C1. The summed E-state index contributed by atoms with van der Waals surface area (Å²) in [5, 5.41) is 3.36. The van der Waals surface area contributed by atoms with Gasteiger partial charge in [0.05, 0.1) is 0 Å². The molecule has 2 aliphatic rings. The Kier molecular flexibility index (Phi) is 4.68. The molecule has 110 valence electrons. The molecule has 0 bridgehead atoms. The van der Waals surface area contributed by atoms with Gasteiger partial charge >= 0.3 is 6.09 Å². The summed E-state index contributed by atoms with van der Waals surface area (Å²) in [7, 11) is 0. The molecule has 0 radical (unpaired) electrons. The molecule has 5 nitrogen and oxygen atoms in total. The van der Waals surface area contributed by atoms with Gasteiger partial charge in [-0.3, -0.25) is 0 Å². The van der Waals surface area contributed by atoms with Gasteiger partial charge in [-0.25, -0.2) is 4.79 Å². The van der Waals surface area contributed by atoms with Crippen LogP contribution in [0.5, 0.6) is 0 Å². The highest BCUT2D eigenvalue weighted by atomic mass is 16.6. The summed E-state index contributed by atoms with van der Waals surface area (Å²) in [6, 6.07) is 0. The summed E-state index contributed by atoms with van der Waals surface area (Å²) in [6.07, 6.45) is 1.03. The largest absolute Gasteiger partial charge is 0.444 e. The number of carbonyl (C=O) groups is 1. The number of carbonyl (C=O) groups excluding carboxylic acids is 1. The van der Waals surface area contributed by atoms with Gasteiger partial charge in [0.25, 0.3) is 0 Å². The molecule has 0 aliphatic carbocycles. The highest BCUT2D eigenvalue weighted by Crippen LogP contribution is 2.22. The van der Waals surface area contributed by atoms with E-state index >= 15 is 0 Å². The molecule has 2 saturated heterocycles. The van der Waals surface area contributed by atoms with E-state index in [0.29, 0.717) is 5.92 Å². The number of nitrogens with zero attached hydrogens (tertiary/aromatic N) is 2. The molecule has 5 heteroatoms. The van der Waals surface area contributed by atoms with E-state index in [2.05, 4.69) is 10.2 Å². The third kappa shape index (κ3) is 4.66. The Morgan fingerprint density at radius 2 is 1.89 bits per heavy atom. The zero-order chi connectivity index (χ0) is 13.9. The fourth-order valence-corrected chi connectivity index (χ4v) is 2.53. The van der Waals surface area contributed by atoms with Crippen LogP contribution in [-0.2, 0) is 4.74 Å². The molecule has 1 amide bonds. The van der Waals surface area contributed by atoms with E-state index in [-0.39, 0.29) is 11.7 Å². The van der Waals surface area contributed by atoms with Crippen LogP contribution in [0, 0.1) is 5.92 Å². The van der Waals surface area contributed by atoms with E-state index in [1.54, 1.807) is 0 Å². The Morgan fingerprint density at radius 1 is 1.26 bits per heavy atom. The van der Waals surface area contributed by atoms with Crippen LogP contribution >= 0.6 is 0 Å². The summed E-state index contributed by atoms with van der Waals surface area (Å²) in [4.78, 5) is 16.1. The monoisotopic (exact) mass is 269 g/mol. The molecule has 1 N–H and O–H groups in total. The van der Waals surface area contributed by atoms with Gasteiger partial charge in [-0.2, -0.15) is 0 Å². The zero-order valence-electron chi connectivity index (χ0n) is 12.4. The highest BCUT2D eigenvalue weighted by Gasteiger charge is 2.33. The molecule has 2 fully saturated rings. The van der Waals surface area contributed by atoms with Gasteiger partial charge in [-0.05, 0) is 39.7 Å². The van der Waals surface area contributed by atoms with Crippen molar-refractivity contribution in [2.75, 3.05) is 45.8 Å². The number of hydrogen-bond acceptors (Lipinski definition) is 4. The topological polar surface area (TPSA) is 44.8 Å². The molecule has 0 aromatic heterocycles. The van der Waals surface area contributed by atoms with Crippen molar-refractivity contribution in [1.29, 1.82) is 0 Å². The normalized spacial score (nSPS) is 22.2. The molecule has 2 heterocycles. The van der Waals surface area contributed by atoms with Crippen molar-refractivity contribution in [1.82, 2.24) is 15.1 Å². The maximum absolute atomic E-state index is 11.8. The van der Waals surface area contributed by atoms with Crippen molar-refractivity contribution in [2.45, 2.75) is 32.8 Å². The molecular weight excluding hydrogens is 242 g/mol. The fraction of sp³-hybridized carbons (Fsp3) is 0.929. The maximum atomic E-state index is 11.8. The average molecular weight is 269 g/mol. The second-order valence-electron chi connectivity index (χ2n) is 6.63. The third-order valence-corrected chi connectivity index (χ3v) is 3.67. The molecule has 19 heavy (non-hydrogen) atoms. The van der Waals surface area contributed by atoms with E-state index in [1.165, 1.54) is 6.42 Å². The Balaban J connectivity index is 1.59. The molecule has 2 aliphatic heterocycles. The summed E-state index contributed by atoms with van der Waals surface area (Å²) in [5.41, 5.74) is -0.386. The second-order valence-corrected chi connectivity index (χ2v) is 6.63. The van der Waals surface area contributed by atoms with Crippen molar-refractivity contribution < 1.29 is 9.53 Å². The van der Waals surface area contributed by atoms with Crippen molar-refractivity contribution >= 4 is 6.09 Å². The van der Waals surface area contributed by atoms with Crippen molar-refractivity contribution in [3.05, 3.63) is 0 Å². The van der Waals surface area contributed by atoms with Gasteiger partial charge in [-0.1, -0.05) is 0 Å². The fourth-order valence-electron chi connectivity index (χ4n) is 2.53. The van der Waals surface area contributed by atoms with E-state index < -0.39 is 0 Å².